The van der Waals surface area contributed by atoms with Crippen molar-refractivity contribution in [1.29, 1.82) is 0 Å². The molecule has 5 nitrogen and oxygen atoms in total. The molecule has 0 fully saturated rings. The highest BCUT2D eigenvalue weighted by molar-refractivity contribution is 7.98. The average Bonchev–Trinajstić information content (AvgIpc) is 3.00. The molecular formula is C16H17ClN2O3S2. The van der Waals surface area contributed by atoms with Crippen LogP contribution in [0.4, 0.5) is 0 Å². The van der Waals surface area contributed by atoms with Crippen molar-refractivity contribution in [2.24, 2.45) is 0 Å². The molecule has 2 N–H and O–H groups in total. The summed E-state index contributed by atoms with van der Waals surface area (Å²) in [7, 11) is 0. The molecule has 0 saturated heterocycles. The molecule has 0 aliphatic carbocycles. The van der Waals surface area contributed by atoms with Crippen LogP contribution in [0.25, 0.3) is 10.6 Å². The summed E-state index contributed by atoms with van der Waals surface area (Å²) in [5.74, 6) is -0.678. The third-order valence-corrected chi connectivity index (χ3v) is 5.06. The number of benzene rings is 1. The van der Waals surface area contributed by atoms with E-state index < -0.39 is 12.0 Å². The third-order valence-electron chi connectivity index (χ3n) is 3.23. The zero-order valence-corrected chi connectivity index (χ0v) is 15.4. The highest BCUT2D eigenvalue weighted by Gasteiger charge is 2.20. The fourth-order valence-electron chi connectivity index (χ4n) is 2.02. The quantitative estimate of drug-likeness (QED) is 0.729. The first-order valence-corrected chi connectivity index (χ1v) is 9.86. The Bertz CT molecular complexity index is 704. The van der Waals surface area contributed by atoms with Gasteiger partial charge in [0.15, 0.2) is 0 Å². The van der Waals surface area contributed by atoms with Gasteiger partial charge in [0.05, 0.1) is 12.1 Å². The number of aromatic nitrogens is 1. The SMILES string of the molecule is CSCCC(NC(=O)Cc1csc(-c2ccc(Cl)cc2)n1)C(=O)O. The summed E-state index contributed by atoms with van der Waals surface area (Å²) in [6.45, 7) is 0. The van der Waals surface area contributed by atoms with Crippen LogP contribution in [0, 0.1) is 0 Å². The third kappa shape index (κ3) is 5.51. The molecule has 1 aromatic carbocycles. The van der Waals surface area contributed by atoms with E-state index in [-0.39, 0.29) is 12.3 Å². The lowest BCUT2D eigenvalue weighted by molar-refractivity contribution is -0.141. The van der Waals surface area contributed by atoms with E-state index in [0.29, 0.717) is 22.9 Å². The Kier molecular flexibility index (Phi) is 7.08. The van der Waals surface area contributed by atoms with E-state index in [4.69, 9.17) is 16.7 Å². The lowest BCUT2D eigenvalue weighted by atomic mass is 10.2. The fraction of sp³-hybridized carbons (Fsp3) is 0.312. The standard InChI is InChI=1S/C16H17ClN2O3S2/c1-23-7-6-13(16(21)22)19-14(20)8-12-9-24-15(18-12)10-2-4-11(17)5-3-10/h2-5,9,13H,6-8H2,1H3,(H,19,20)(H,21,22). The normalized spacial score (nSPS) is 11.9. The molecule has 24 heavy (non-hydrogen) atoms. The van der Waals surface area contributed by atoms with Gasteiger partial charge in [0, 0.05) is 16.0 Å². The fourth-order valence-corrected chi connectivity index (χ4v) is 3.44. The molecule has 0 saturated carbocycles. The summed E-state index contributed by atoms with van der Waals surface area (Å²) >= 11 is 8.85. The van der Waals surface area contributed by atoms with E-state index in [1.807, 2.05) is 18.4 Å². The van der Waals surface area contributed by atoms with Crippen molar-refractivity contribution in [2.45, 2.75) is 18.9 Å². The lowest BCUT2D eigenvalue weighted by Crippen LogP contribution is -2.41. The summed E-state index contributed by atoms with van der Waals surface area (Å²) in [6.07, 6.45) is 2.36. The summed E-state index contributed by atoms with van der Waals surface area (Å²) in [6, 6.07) is 6.45. The molecule has 128 valence electrons. The van der Waals surface area contributed by atoms with E-state index >= 15 is 0 Å². The van der Waals surface area contributed by atoms with Crippen LogP contribution >= 0.6 is 34.7 Å². The topological polar surface area (TPSA) is 79.3 Å². The number of hydrogen-bond acceptors (Lipinski definition) is 5. The second-order valence-electron chi connectivity index (χ2n) is 5.07. The number of carbonyl (C=O) groups excluding carboxylic acids is 1. The second-order valence-corrected chi connectivity index (χ2v) is 7.35. The Balaban J connectivity index is 1.97. The van der Waals surface area contributed by atoms with Gasteiger partial charge in [-0.1, -0.05) is 23.7 Å². The van der Waals surface area contributed by atoms with Crippen LogP contribution in [0.15, 0.2) is 29.6 Å². The van der Waals surface area contributed by atoms with Gasteiger partial charge in [-0.3, -0.25) is 4.79 Å². The van der Waals surface area contributed by atoms with Crippen molar-refractivity contribution in [3.05, 3.63) is 40.4 Å². The van der Waals surface area contributed by atoms with Gasteiger partial charge in [-0.15, -0.1) is 11.3 Å². The Hall–Kier alpha value is -1.57. The minimum Gasteiger partial charge on any atom is -0.480 e. The number of halogens is 1. The highest BCUT2D eigenvalue weighted by Crippen LogP contribution is 2.25. The number of carbonyl (C=O) groups is 2. The minimum atomic E-state index is -1.02. The zero-order chi connectivity index (χ0) is 17.5. The number of nitrogens with one attached hydrogen (secondary N) is 1. The van der Waals surface area contributed by atoms with Gasteiger partial charge >= 0.3 is 5.97 Å². The van der Waals surface area contributed by atoms with Crippen molar-refractivity contribution in [3.8, 4) is 10.6 Å². The number of carboxylic acids is 1. The Morgan fingerprint density at radius 3 is 2.71 bits per heavy atom. The lowest BCUT2D eigenvalue weighted by Gasteiger charge is -2.13. The van der Waals surface area contributed by atoms with Crippen molar-refractivity contribution < 1.29 is 14.7 Å². The molecule has 0 aliphatic heterocycles. The van der Waals surface area contributed by atoms with E-state index in [9.17, 15) is 9.59 Å². The van der Waals surface area contributed by atoms with Crippen LogP contribution in [0.3, 0.4) is 0 Å². The van der Waals surface area contributed by atoms with Crippen molar-refractivity contribution in [2.75, 3.05) is 12.0 Å². The molecule has 2 rings (SSSR count). The number of aliphatic carboxylic acids is 1. The van der Waals surface area contributed by atoms with Gasteiger partial charge in [-0.05, 0) is 30.6 Å². The first-order chi connectivity index (χ1) is 11.5. The highest BCUT2D eigenvalue weighted by atomic mass is 35.5. The maximum absolute atomic E-state index is 12.0. The summed E-state index contributed by atoms with van der Waals surface area (Å²) in [5, 5.41) is 15.0. The number of thiazole rings is 1. The van der Waals surface area contributed by atoms with Crippen LogP contribution in [0.5, 0.6) is 0 Å². The Morgan fingerprint density at radius 2 is 2.08 bits per heavy atom. The summed E-state index contributed by atoms with van der Waals surface area (Å²) in [5.41, 5.74) is 1.55. The van der Waals surface area contributed by atoms with Crippen molar-refractivity contribution in [1.82, 2.24) is 10.3 Å². The molecule has 1 unspecified atom stereocenters. The Morgan fingerprint density at radius 1 is 1.38 bits per heavy atom. The molecule has 8 heteroatoms. The zero-order valence-electron chi connectivity index (χ0n) is 13.0. The van der Waals surface area contributed by atoms with E-state index in [1.165, 1.54) is 11.3 Å². The van der Waals surface area contributed by atoms with E-state index in [1.54, 1.807) is 29.3 Å². The smallest absolute Gasteiger partial charge is 0.326 e. The van der Waals surface area contributed by atoms with E-state index in [0.717, 1.165) is 10.6 Å². The molecule has 0 spiro atoms. The van der Waals surface area contributed by atoms with Gasteiger partial charge in [0.2, 0.25) is 5.91 Å². The maximum atomic E-state index is 12.0. The maximum Gasteiger partial charge on any atom is 0.326 e. The van der Waals surface area contributed by atoms with Crippen molar-refractivity contribution >= 4 is 46.6 Å². The van der Waals surface area contributed by atoms with Crippen molar-refractivity contribution in [3.63, 3.8) is 0 Å². The first kappa shape index (κ1) is 18.8. The second kappa shape index (κ2) is 9.05. The number of amides is 1. The number of carboxylic acid groups (broad SMARTS) is 1. The molecule has 1 heterocycles. The van der Waals surface area contributed by atoms with E-state index in [2.05, 4.69) is 10.3 Å². The molecule has 1 aromatic heterocycles. The number of thioether (sulfide) groups is 1. The van der Waals surface area contributed by atoms with Crippen LogP contribution in [-0.2, 0) is 16.0 Å². The van der Waals surface area contributed by atoms with Gasteiger partial charge in [-0.25, -0.2) is 9.78 Å². The molecule has 1 amide bonds. The summed E-state index contributed by atoms with van der Waals surface area (Å²) < 4.78 is 0. The van der Waals surface area contributed by atoms with Gasteiger partial charge in [0.25, 0.3) is 0 Å². The number of rotatable bonds is 8. The predicted molar refractivity (Wildman–Crippen MR) is 98.8 cm³/mol. The molecular weight excluding hydrogens is 368 g/mol. The minimum absolute atomic E-state index is 0.0626. The average molecular weight is 385 g/mol. The summed E-state index contributed by atoms with van der Waals surface area (Å²) in [4.78, 5) is 27.6. The van der Waals surface area contributed by atoms with Crippen LogP contribution < -0.4 is 5.32 Å². The van der Waals surface area contributed by atoms with Crippen LogP contribution in [0.1, 0.15) is 12.1 Å². The van der Waals surface area contributed by atoms with Gasteiger partial charge in [0.1, 0.15) is 11.0 Å². The molecule has 0 aliphatic rings. The largest absolute Gasteiger partial charge is 0.480 e. The molecule has 2 aromatic rings. The monoisotopic (exact) mass is 384 g/mol. The predicted octanol–water partition coefficient (Wildman–Crippen LogP) is 3.33. The van der Waals surface area contributed by atoms with Gasteiger partial charge in [-0.2, -0.15) is 11.8 Å². The van der Waals surface area contributed by atoms with Crippen LogP contribution in [0.2, 0.25) is 5.02 Å². The molecule has 0 radical (unpaired) electrons. The Labute approximate surface area is 153 Å². The molecule has 1 atom stereocenters. The number of nitrogens with zero attached hydrogens (tertiary/aromatic N) is 1. The number of hydrogen-bond donors (Lipinski definition) is 2. The van der Waals surface area contributed by atoms with Crippen LogP contribution in [-0.4, -0.2) is 40.0 Å². The van der Waals surface area contributed by atoms with Gasteiger partial charge < -0.3 is 10.4 Å². The molecule has 0 bridgehead atoms. The first-order valence-electron chi connectivity index (χ1n) is 7.21.